The lowest BCUT2D eigenvalue weighted by atomic mass is 10.2. The Bertz CT molecular complexity index is 212. The van der Waals surface area contributed by atoms with Crippen molar-refractivity contribution in [3.8, 4) is 0 Å². The number of thioether (sulfide) groups is 1. The largest absolute Gasteiger partial charge is 0.480 e. The topological polar surface area (TPSA) is 58.6 Å². The van der Waals surface area contributed by atoms with Crippen molar-refractivity contribution in [3.63, 3.8) is 0 Å². The van der Waals surface area contributed by atoms with E-state index in [-0.39, 0.29) is 11.0 Å². The molecule has 1 heterocycles. The molecule has 1 fully saturated rings. The lowest BCUT2D eigenvalue weighted by molar-refractivity contribution is -0.139. The molecule has 0 aromatic heterocycles. The number of methoxy groups -OCH3 is 1. The zero-order chi connectivity index (χ0) is 10.1. The molecular weight excluding hydrogens is 190 g/mol. The van der Waals surface area contributed by atoms with E-state index in [0.29, 0.717) is 5.75 Å². The van der Waals surface area contributed by atoms with E-state index in [0.717, 1.165) is 0 Å². The highest BCUT2D eigenvalue weighted by Gasteiger charge is 2.42. The van der Waals surface area contributed by atoms with E-state index >= 15 is 0 Å². The third kappa shape index (κ3) is 2.15. The normalized spacial score (nSPS) is 36.1. The summed E-state index contributed by atoms with van der Waals surface area (Å²) in [5.41, 5.74) is 0. The van der Waals surface area contributed by atoms with Crippen molar-refractivity contribution in [1.82, 2.24) is 5.32 Å². The van der Waals surface area contributed by atoms with Crippen LogP contribution in [0.5, 0.6) is 0 Å². The monoisotopic (exact) mass is 205 g/mol. The summed E-state index contributed by atoms with van der Waals surface area (Å²) >= 11 is 1.60. The van der Waals surface area contributed by atoms with Gasteiger partial charge in [-0.1, -0.05) is 0 Å². The van der Waals surface area contributed by atoms with E-state index in [1.54, 1.807) is 18.9 Å². The number of rotatable bonds is 3. The Morgan fingerprint density at radius 1 is 1.85 bits per heavy atom. The third-order valence-electron chi connectivity index (χ3n) is 2.44. The van der Waals surface area contributed by atoms with Gasteiger partial charge in [-0.3, -0.25) is 10.1 Å². The summed E-state index contributed by atoms with van der Waals surface area (Å²) in [4.78, 5) is 10.4. The zero-order valence-electron chi connectivity index (χ0n) is 8.03. The number of nitrogens with one attached hydrogen (secondary N) is 1. The van der Waals surface area contributed by atoms with Crippen LogP contribution in [0.3, 0.4) is 0 Å². The van der Waals surface area contributed by atoms with Gasteiger partial charge in [0.1, 0.15) is 6.04 Å². The Labute approximate surface area is 82.0 Å². The molecule has 13 heavy (non-hydrogen) atoms. The molecule has 0 aromatic rings. The minimum Gasteiger partial charge on any atom is -0.480 e. The molecule has 0 aliphatic carbocycles. The maximum atomic E-state index is 10.7. The molecule has 0 aromatic carbocycles. The molecule has 5 heteroatoms. The standard InChI is InChI=1S/C8H15NO3S/c1-5(12-3)8(2)9-6(4-13-8)7(10)11/h5-6,9H,4H2,1-3H3,(H,10,11)/t5?,6-,8?/m1/s1. The molecular formula is C8H15NO3S. The van der Waals surface area contributed by atoms with Crippen LogP contribution >= 0.6 is 11.8 Å². The molecule has 4 nitrogen and oxygen atoms in total. The molecule has 1 saturated heterocycles. The maximum absolute atomic E-state index is 10.7. The molecule has 0 saturated carbocycles. The highest BCUT2D eigenvalue weighted by Crippen LogP contribution is 2.34. The van der Waals surface area contributed by atoms with Gasteiger partial charge in [0.15, 0.2) is 0 Å². The van der Waals surface area contributed by atoms with Crippen LogP contribution in [-0.4, -0.2) is 41.0 Å². The second-order valence-electron chi connectivity index (χ2n) is 3.33. The van der Waals surface area contributed by atoms with Gasteiger partial charge >= 0.3 is 5.97 Å². The zero-order valence-corrected chi connectivity index (χ0v) is 8.85. The van der Waals surface area contributed by atoms with Crippen LogP contribution in [0.25, 0.3) is 0 Å². The number of hydrogen-bond donors (Lipinski definition) is 2. The predicted molar refractivity (Wildman–Crippen MR) is 51.9 cm³/mol. The van der Waals surface area contributed by atoms with Crippen molar-refractivity contribution in [2.24, 2.45) is 0 Å². The van der Waals surface area contributed by atoms with E-state index in [1.165, 1.54) is 0 Å². The number of ether oxygens (including phenoxy) is 1. The van der Waals surface area contributed by atoms with Crippen molar-refractivity contribution in [1.29, 1.82) is 0 Å². The summed E-state index contributed by atoms with van der Waals surface area (Å²) in [6, 6.07) is -0.451. The second-order valence-corrected chi connectivity index (χ2v) is 4.80. The molecule has 0 bridgehead atoms. The molecule has 0 radical (unpaired) electrons. The van der Waals surface area contributed by atoms with Gasteiger partial charge in [0.05, 0.1) is 11.0 Å². The fourth-order valence-corrected chi connectivity index (χ4v) is 2.57. The second kappa shape index (κ2) is 3.86. The molecule has 3 atom stereocenters. The van der Waals surface area contributed by atoms with Gasteiger partial charge in [0, 0.05) is 12.9 Å². The SMILES string of the molecule is COC(C)C1(C)N[C@@H](C(=O)O)CS1. The Morgan fingerprint density at radius 2 is 2.46 bits per heavy atom. The number of carbonyl (C=O) groups is 1. The Hall–Kier alpha value is -0.260. The first-order valence-corrected chi connectivity index (χ1v) is 5.15. The van der Waals surface area contributed by atoms with Crippen LogP contribution in [0.4, 0.5) is 0 Å². The van der Waals surface area contributed by atoms with E-state index in [4.69, 9.17) is 9.84 Å². The fraction of sp³-hybridized carbons (Fsp3) is 0.875. The number of carboxylic acid groups (broad SMARTS) is 1. The summed E-state index contributed by atoms with van der Waals surface area (Å²) < 4.78 is 5.19. The lowest BCUT2D eigenvalue weighted by Gasteiger charge is -2.29. The molecule has 2 unspecified atom stereocenters. The number of carboxylic acids is 1. The van der Waals surface area contributed by atoms with Crippen molar-refractivity contribution in [2.75, 3.05) is 12.9 Å². The van der Waals surface area contributed by atoms with Crippen molar-refractivity contribution in [3.05, 3.63) is 0 Å². The van der Waals surface area contributed by atoms with Crippen LogP contribution < -0.4 is 5.32 Å². The summed E-state index contributed by atoms with van der Waals surface area (Å²) in [6.45, 7) is 3.90. The van der Waals surface area contributed by atoms with E-state index in [2.05, 4.69) is 5.32 Å². The molecule has 0 spiro atoms. The average Bonchev–Trinajstić information content (AvgIpc) is 2.48. The molecule has 1 aliphatic heterocycles. The van der Waals surface area contributed by atoms with Crippen LogP contribution in [0, 0.1) is 0 Å². The van der Waals surface area contributed by atoms with E-state index in [1.807, 2.05) is 13.8 Å². The Balaban J connectivity index is 2.60. The first kappa shape index (κ1) is 10.8. The first-order chi connectivity index (χ1) is 5.99. The van der Waals surface area contributed by atoms with Crippen LogP contribution in [0.2, 0.25) is 0 Å². The van der Waals surface area contributed by atoms with Gasteiger partial charge in [-0.2, -0.15) is 0 Å². The summed E-state index contributed by atoms with van der Waals surface area (Å²) in [6.07, 6.45) is 0.00171. The van der Waals surface area contributed by atoms with Crippen molar-refractivity contribution >= 4 is 17.7 Å². The van der Waals surface area contributed by atoms with Crippen molar-refractivity contribution < 1.29 is 14.6 Å². The molecule has 1 aliphatic rings. The van der Waals surface area contributed by atoms with Gasteiger partial charge in [0.25, 0.3) is 0 Å². The van der Waals surface area contributed by atoms with Crippen LogP contribution in [-0.2, 0) is 9.53 Å². The molecule has 76 valence electrons. The molecule has 0 amide bonds. The maximum Gasteiger partial charge on any atom is 0.321 e. The van der Waals surface area contributed by atoms with Gasteiger partial charge in [-0.25, -0.2) is 0 Å². The van der Waals surface area contributed by atoms with Crippen LogP contribution in [0.1, 0.15) is 13.8 Å². The Morgan fingerprint density at radius 3 is 2.85 bits per heavy atom. The average molecular weight is 205 g/mol. The highest BCUT2D eigenvalue weighted by atomic mass is 32.2. The number of aliphatic carboxylic acids is 1. The van der Waals surface area contributed by atoms with Gasteiger partial charge in [-0.05, 0) is 13.8 Å². The minimum atomic E-state index is -0.792. The first-order valence-electron chi connectivity index (χ1n) is 4.17. The number of hydrogen-bond acceptors (Lipinski definition) is 4. The van der Waals surface area contributed by atoms with Gasteiger partial charge in [-0.15, -0.1) is 11.8 Å². The quantitative estimate of drug-likeness (QED) is 0.703. The third-order valence-corrected chi connectivity index (χ3v) is 3.99. The highest BCUT2D eigenvalue weighted by molar-refractivity contribution is 8.01. The minimum absolute atomic E-state index is 0.00171. The summed E-state index contributed by atoms with van der Waals surface area (Å²) in [5, 5.41) is 11.8. The summed E-state index contributed by atoms with van der Waals surface area (Å²) in [7, 11) is 1.63. The Kier molecular flexibility index (Phi) is 3.21. The van der Waals surface area contributed by atoms with Crippen molar-refractivity contribution in [2.45, 2.75) is 30.9 Å². The van der Waals surface area contributed by atoms with Gasteiger partial charge < -0.3 is 9.84 Å². The molecule has 2 N–H and O–H groups in total. The molecule has 1 rings (SSSR count). The predicted octanol–water partition coefficient (Wildman–Crippen LogP) is 0.527. The van der Waals surface area contributed by atoms with Crippen LogP contribution in [0.15, 0.2) is 0 Å². The summed E-state index contributed by atoms with van der Waals surface area (Å²) in [5.74, 6) is -0.195. The fourth-order valence-electron chi connectivity index (χ4n) is 1.28. The van der Waals surface area contributed by atoms with E-state index in [9.17, 15) is 4.79 Å². The lowest BCUT2D eigenvalue weighted by Crippen LogP contribution is -2.49. The smallest absolute Gasteiger partial charge is 0.321 e. The van der Waals surface area contributed by atoms with E-state index < -0.39 is 12.0 Å². The van der Waals surface area contributed by atoms with Gasteiger partial charge in [0.2, 0.25) is 0 Å².